The van der Waals surface area contributed by atoms with Crippen molar-refractivity contribution in [2.75, 3.05) is 26.2 Å². The lowest BCUT2D eigenvalue weighted by Crippen LogP contribution is -2.25. The van der Waals surface area contributed by atoms with Crippen LogP contribution in [0.5, 0.6) is 23.0 Å². The van der Waals surface area contributed by atoms with E-state index in [0.29, 0.717) is 12.4 Å². The van der Waals surface area contributed by atoms with E-state index in [1.165, 1.54) is 30.7 Å². The molecule has 1 saturated heterocycles. The average molecular weight is 620 g/mol. The molecule has 0 aromatic heterocycles. The fourth-order valence-corrected chi connectivity index (χ4v) is 6.14. The van der Waals surface area contributed by atoms with Gasteiger partial charge in [0.15, 0.2) is 11.5 Å². The van der Waals surface area contributed by atoms with Gasteiger partial charge in [0.2, 0.25) is 0 Å². The van der Waals surface area contributed by atoms with Gasteiger partial charge >= 0.3 is 16.3 Å². The minimum Gasteiger partial charge on any atom is -0.492 e. The lowest BCUT2D eigenvalue weighted by molar-refractivity contribution is 0.233. The maximum Gasteiger partial charge on any atom is 0.613 e. The second kappa shape index (κ2) is 12.4. The Morgan fingerprint density at radius 2 is 1.45 bits per heavy atom. The summed E-state index contributed by atoms with van der Waals surface area (Å²) in [6.07, 6.45) is 0.615. The molecule has 11 nitrogen and oxygen atoms in total. The third kappa shape index (κ3) is 7.76. The zero-order valence-electron chi connectivity index (χ0n) is 23.2. The third-order valence-electron chi connectivity index (χ3n) is 7.26. The van der Waals surface area contributed by atoms with Gasteiger partial charge in [-0.15, -0.1) is 0 Å². The molecule has 0 unspecified atom stereocenters. The molecule has 0 radical (unpaired) electrons. The highest BCUT2D eigenvalue weighted by Crippen LogP contribution is 2.51. The van der Waals surface area contributed by atoms with E-state index in [1.54, 1.807) is 18.2 Å². The van der Waals surface area contributed by atoms with Crippen LogP contribution < -0.4 is 18.5 Å². The number of rotatable bonds is 10. The Kier molecular flexibility index (Phi) is 9.06. The van der Waals surface area contributed by atoms with Crippen molar-refractivity contribution >= 4 is 27.5 Å². The van der Waals surface area contributed by atoms with Crippen LogP contribution in [0.3, 0.4) is 0 Å². The first kappa shape index (κ1) is 30.6. The van der Waals surface area contributed by atoms with Gasteiger partial charge in [0.1, 0.15) is 24.2 Å². The van der Waals surface area contributed by atoms with Crippen molar-refractivity contribution < 1.29 is 47.9 Å². The molecule has 6 N–H and O–H groups in total. The minimum absolute atomic E-state index is 0.0334. The molecule has 1 fully saturated rings. The van der Waals surface area contributed by atoms with Crippen LogP contribution in [-0.2, 0) is 0 Å². The van der Waals surface area contributed by atoms with Crippen molar-refractivity contribution in [3.8, 4) is 23.0 Å². The molecule has 0 saturated carbocycles. The summed E-state index contributed by atoms with van der Waals surface area (Å²) in [5.74, 6) is 1.99. The molecular formula is C29H35NO10P2+2. The summed E-state index contributed by atoms with van der Waals surface area (Å²) in [7, 11) is -8.97. The monoisotopic (exact) mass is 619 g/mol. The molecule has 2 atom stereocenters. The highest BCUT2D eigenvalue weighted by atomic mass is 31.2. The van der Waals surface area contributed by atoms with Crippen LogP contribution in [-0.4, -0.2) is 60.5 Å². The zero-order chi connectivity index (χ0) is 30.1. The van der Waals surface area contributed by atoms with Crippen molar-refractivity contribution in [3.05, 3.63) is 83.4 Å². The summed E-state index contributed by atoms with van der Waals surface area (Å²) in [4.78, 5) is 58.4. The number of benzene rings is 3. The second-order valence-electron chi connectivity index (χ2n) is 10.5. The van der Waals surface area contributed by atoms with E-state index in [1.807, 2.05) is 31.2 Å². The summed E-state index contributed by atoms with van der Waals surface area (Å²) in [6, 6.07) is 18.8. The molecule has 2 heterocycles. The van der Waals surface area contributed by atoms with Crippen LogP contribution >= 0.6 is 16.3 Å². The summed E-state index contributed by atoms with van der Waals surface area (Å²) in [5, 5.41) is 0. The van der Waals surface area contributed by atoms with Crippen LogP contribution in [0.1, 0.15) is 43.1 Å². The van der Waals surface area contributed by atoms with Crippen molar-refractivity contribution in [3.63, 3.8) is 0 Å². The Labute approximate surface area is 245 Å². The lowest BCUT2D eigenvalue weighted by Gasteiger charge is -2.31. The van der Waals surface area contributed by atoms with Gasteiger partial charge in [0, 0.05) is 30.3 Å². The third-order valence-corrected chi connectivity index (χ3v) is 8.17. The Balaban J connectivity index is 1.43. The van der Waals surface area contributed by atoms with Gasteiger partial charge in [0.05, 0.1) is 0 Å². The summed E-state index contributed by atoms with van der Waals surface area (Å²) in [5.41, 5.74) is 4.01. The number of ether oxygens (including phenoxy) is 2. The Morgan fingerprint density at radius 1 is 0.833 bits per heavy atom. The average Bonchev–Trinajstić information content (AvgIpc) is 3.32. The number of hydrogen-bond acceptors (Lipinski definition) is 11. The molecule has 2 aliphatic heterocycles. The molecule has 0 amide bonds. The first-order valence-electron chi connectivity index (χ1n) is 13.5. The Morgan fingerprint density at radius 3 is 2.07 bits per heavy atom. The number of allylic oxidation sites excluding steroid dienone is 1. The molecule has 224 valence electrons. The SMILES string of the molecule is CC1=C(c2ccc(O[P+](O)(O)O)cc2)[C@H](c2ccc(OCCN3CC[C@@H](C)C3)cc2)Oc2cc(O[P+](O)(O)O)ccc21. The molecule has 0 spiro atoms. The van der Waals surface area contributed by atoms with Gasteiger partial charge < -0.3 is 9.47 Å². The first-order valence-corrected chi connectivity index (χ1v) is 16.6. The molecule has 42 heavy (non-hydrogen) atoms. The van der Waals surface area contributed by atoms with Crippen LogP contribution in [0.15, 0.2) is 66.7 Å². The van der Waals surface area contributed by atoms with E-state index in [9.17, 15) is 29.4 Å². The topological polar surface area (TPSA) is 162 Å². The van der Waals surface area contributed by atoms with Gasteiger partial charge in [-0.2, -0.15) is 29.4 Å². The van der Waals surface area contributed by atoms with Gasteiger partial charge in [0.25, 0.3) is 0 Å². The summed E-state index contributed by atoms with van der Waals surface area (Å²) < 4.78 is 22.2. The van der Waals surface area contributed by atoms with E-state index in [2.05, 4.69) is 11.8 Å². The van der Waals surface area contributed by atoms with Gasteiger partial charge in [-0.1, -0.05) is 31.2 Å². The quantitative estimate of drug-likeness (QED) is 0.177. The zero-order valence-corrected chi connectivity index (χ0v) is 25.0. The fraction of sp³-hybridized carbons (Fsp3) is 0.310. The Bertz CT molecular complexity index is 1420. The largest absolute Gasteiger partial charge is 0.613 e. The predicted octanol–water partition coefficient (Wildman–Crippen LogP) is 4.54. The van der Waals surface area contributed by atoms with E-state index in [4.69, 9.17) is 18.5 Å². The van der Waals surface area contributed by atoms with E-state index >= 15 is 0 Å². The molecule has 0 aliphatic carbocycles. The number of nitrogens with zero attached hydrogens (tertiary/aromatic N) is 1. The molecule has 3 aromatic rings. The second-order valence-corrected chi connectivity index (χ2v) is 13.0. The summed E-state index contributed by atoms with van der Waals surface area (Å²) in [6.45, 7) is 7.84. The van der Waals surface area contributed by atoms with Crippen LogP contribution in [0.4, 0.5) is 0 Å². The molecule has 5 rings (SSSR count). The molecule has 2 aliphatic rings. The van der Waals surface area contributed by atoms with Crippen molar-refractivity contribution in [1.29, 1.82) is 0 Å². The van der Waals surface area contributed by atoms with Gasteiger partial charge in [-0.25, -0.2) is 0 Å². The predicted molar refractivity (Wildman–Crippen MR) is 159 cm³/mol. The van der Waals surface area contributed by atoms with Crippen molar-refractivity contribution in [1.82, 2.24) is 4.90 Å². The number of hydrogen-bond donors (Lipinski definition) is 6. The normalized spacial score (nSPS) is 19.3. The molecule has 0 bridgehead atoms. The van der Waals surface area contributed by atoms with Crippen molar-refractivity contribution in [2.24, 2.45) is 5.92 Å². The molecular weight excluding hydrogens is 584 g/mol. The highest BCUT2D eigenvalue weighted by molar-refractivity contribution is 7.54. The number of fused-ring (bicyclic) bond motifs is 1. The minimum atomic E-state index is -4.51. The smallest absolute Gasteiger partial charge is 0.492 e. The fourth-order valence-electron chi connectivity index (χ4n) is 5.34. The van der Waals surface area contributed by atoms with Crippen LogP contribution in [0.25, 0.3) is 11.1 Å². The van der Waals surface area contributed by atoms with Crippen LogP contribution in [0, 0.1) is 5.92 Å². The van der Waals surface area contributed by atoms with E-state index in [-0.39, 0.29) is 11.5 Å². The van der Waals surface area contributed by atoms with Crippen LogP contribution in [0.2, 0.25) is 0 Å². The standard InChI is InChI=1S/C29H35NO10P2/c1-19-13-14-30(18-19)15-16-37-23-7-5-22(6-8-23)29-28(21-3-9-24(10-4-21)39-41(31,32)33)20(2)26-12-11-25(17-27(26)38-29)40-42(34,35)36/h3-12,17,19,29,31-36H,13-16,18H2,1-2H3/q+2/t19-,29+/m1/s1. The first-order chi connectivity index (χ1) is 19.8. The van der Waals surface area contributed by atoms with Gasteiger partial charge in [-0.05, 0) is 78.9 Å². The Hall–Kier alpha value is -2.82. The van der Waals surface area contributed by atoms with Crippen molar-refractivity contribution in [2.45, 2.75) is 26.4 Å². The summed E-state index contributed by atoms with van der Waals surface area (Å²) >= 11 is 0. The van der Waals surface area contributed by atoms with Gasteiger partial charge in [-0.3, -0.25) is 13.9 Å². The van der Waals surface area contributed by atoms with E-state index < -0.39 is 22.4 Å². The number of likely N-dealkylation sites (tertiary alicyclic amines) is 1. The molecule has 3 aromatic carbocycles. The maximum atomic E-state index is 9.38. The molecule has 13 heteroatoms. The highest BCUT2D eigenvalue weighted by Gasteiger charge is 2.37. The lowest BCUT2D eigenvalue weighted by atomic mass is 9.86. The van der Waals surface area contributed by atoms with E-state index in [0.717, 1.165) is 59.1 Å². The maximum absolute atomic E-state index is 9.38.